The molecule has 2 aromatic carbocycles. The molecule has 1 N–H and O–H groups in total. The SMILES string of the molecule is O=C1CO[C@H]2CCN(C(=O)N3CC(C(c4ccc(F)cc4)c4ccc(F)cc4)C3)C[C@H]2N1. The van der Waals surface area contributed by atoms with Crippen molar-refractivity contribution in [2.24, 2.45) is 5.92 Å². The first-order valence-electron chi connectivity index (χ1n) is 10.9. The molecule has 0 spiro atoms. The summed E-state index contributed by atoms with van der Waals surface area (Å²) in [6.07, 6.45) is 0.657. The van der Waals surface area contributed by atoms with Gasteiger partial charge < -0.3 is 19.9 Å². The molecule has 168 valence electrons. The Morgan fingerprint density at radius 1 is 0.938 bits per heavy atom. The van der Waals surface area contributed by atoms with Gasteiger partial charge in [0, 0.05) is 38.0 Å². The molecule has 6 nitrogen and oxygen atoms in total. The van der Waals surface area contributed by atoms with Gasteiger partial charge in [-0.3, -0.25) is 4.79 Å². The van der Waals surface area contributed by atoms with Crippen LogP contribution in [0.3, 0.4) is 0 Å². The molecule has 0 saturated carbocycles. The van der Waals surface area contributed by atoms with Crippen molar-refractivity contribution in [1.82, 2.24) is 15.1 Å². The third kappa shape index (κ3) is 4.07. The largest absolute Gasteiger partial charge is 0.366 e. The number of likely N-dealkylation sites (tertiary alicyclic amines) is 2. The Morgan fingerprint density at radius 3 is 2.12 bits per heavy atom. The summed E-state index contributed by atoms with van der Waals surface area (Å²) in [5.74, 6) is -0.674. The number of carbonyl (C=O) groups excluding carboxylic acids is 2. The molecule has 0 aliphatic carbocycles. The first-order chi connectivity index (χ1) is 15.5. The Labute approximate surface area is 185 Å². The number of ether oxygens (including phenoxy) is 1. The highest BCUT2D eigenvalue weighted by Gasteiger charge is 2.42. The normalized spacial score (nSPS) is 23.5. The van der Waals surface area contributed by atoms with Gasteiger partial charge in [0.25, 0.3) is 0 Å². The van der Waals surface area contributed by atoms with Gasteiger partial charge in [-0.2, -0.15) is 0 Å². The number of morpholine rings is 1. The van der Waals surface area contributed by atoms with Crippen molar-refractivity contribution in [3.8, 4) is 0 Å². The van der Waals surface area contributed by atoms with E-state index in [4.69, 9.17) is 4.74 Å². The third-order valence-corrected chi connectivity index (χ3v) is 6.70. The average Bonchev–Trinajstić information content (AvgIpc) is 2.76. The lowest BCUT2D eigenvalue weighted by atomic mass is 9.77. The van der Waals surface area contributed by atoms with Crippen LogP contribution in [0.1, 0.15) is 23.5 Å². The van der Waals surface area contributed by atoms with Crippen LogP contribution in [-0.4, -0.2) is 66.7 Å². The standard InChI is InChI=1S/C24H25F2N3O3/c25-18-5-1-15(2-6-18)23(16-3-7-19(26)8-4-16)17-11-29(12-17)24(31)28-10-9-21-20(13-28)27-22(30)14-32-21/h1-8,17,20-21,23H,9-14H2,(H,27,30)/t20-,21+/m1/s1. The monoisotopic (exact) mass is 441 g/mol. The first kappa shape index (κ1) is 20.9. The maximum absolute atomic E-state index is 13.5. The van der Waals surface area contributed by atoms with Crippen molar-refractivity contribution in [3.63, 3.8) is 0 Å². The van der Waals surface area contributed by atoms with E-state index in [1.165, 1.54) is 24.3 Å². The summed E-state index contributed by atoms with van der Waals surface area (Å²) >= 11 is 0. The lowest BCUT2D eigenvalue weighted by Crippen LogP contribution is -2.64. The van der Waals surface area contributed by atoms with Crippen LogP contribution < -0.4 is 5.32 Å². The van der Waals surface area contributed by atoms with Gasteiger partial charge >= 0.3 is 6.03 Å². The molecule has 8 heteroatoms. The van der Waals surface area contributed by atoms with Gasteiger partial charge in [-0.1, -0.05) is 24.3 Å². The van der Waals surface area contributed by atoms with E-state index in [0.29, 0.717) is 32.6 Å². The second-order valence-electron chi connectivity index (χ2n) is 8.79. The number of nitrogens with zero attached hydrogens (tertiary/aromatic N) is 2. The van der Waals surface area contributed by atoms with E-state index in [9.17, 15) is 18.4 Å². The molecule has 2 atom stereocenters. The van der Waals surface area contributed by atoms with Gasteiger partial charge in [0.15, 0.2) is 0 Å². The Kier molecular flexibility index (Phi) is 5.55. The summed E-state index contributed by atoms with van der Waals surface area (Å²) in [6.45, 7) is 2.24. The second kappa shape index (κ2) is 8.50. The van der Waals surface area contributed by atoms with Crippen LogP contribution >= 0.6 is 0 Å². The molecule has 5 rings (SSSR count). The van der Waals surface area contributed by atoms with Gasteiger partial charge in [0.2, 0.25) is 5.91 Å². The third-order valence-electron chi connectivity index (χ3n) is 6.70. The van der Waals surface area contributed by atoms with Crippen molar-refractivity contribution < 1.29 is 23.1 Å². The number of benzene rings is 2. The predicted octanol–water partition coefficient (Wildman–Crippen LogP) is 2.74. The molecular formula is C24H25F2N3O3. The molecule has 3 heterocycles. The van der Waals surface area contributed by atoms with Gasteiger partial charge in [-0.05, 0) is 41.8 Å². The van der Waals surface area contributed by atoms with E-state index >= 15 is 0 Å². The Balaban J connectivity index is 1.27. The van der Waals surface area contributed by atoms with Crippen LogP contribution in [0, 0.1) is 17.6 Å². The number of rotatable bonds is 3. The number of halogens is 2. The molecule has 3 aliphatic heterocycles. The fourth-order valence-corrected chi connectivity index (χ4v) is 5.03. The van der Waals surface area contributed by atoms with Crippen LogP contribution in [0.5, 0.6) is 0 Å². The summed E-state index contributed by atoms with van der Waals surface area (Å²) in [4.78, 5) is 28.3. The number of carbonyl (C=O) groups is 2. The van der Waals surface area contributed by atoms with Gasteiger partial charge in [0.05, 0.1) is 12.1 Å². The minimum atomic E-state index is -0.306. The van der Waals surface area contributed by atoms with Crippen molar-refractivity contribution in [1.29, 1.82) is 0 Å². The van der Waals surface area contributed by atoms with Crippen molar-refractivity contribution in [3.05, 3.63) is 71.3 Å². The molecule has 0 unspecified atom stereocenters. The van der Waals surface area contributed by atoms with Crippen molar-refractivity contribution in [2.75, 3.05) is 32.8 Å². The minimum absolute atomic E-state index is 0.0396. The average molecular weight is 441 g/mol. The van der Waals surface area contributed by atoms with Gasteiger partial charge in [-0.15, -0.1) is 0 Å². The maximum atomic E-state index is 13.5. The predicted molar refractivity (Wildman–Crippen MR) is 113 cm³/mol. The Morgan fingerprint density at radius 2 is 1.53 bits per heavy atom. The molecule has 3 aliphatic rings. The fourth-order valence-electron chi connectivity index (χ4n) is 5.03. The smallest absolute Gasteiger partial charge is 0.320 e. The Hall–Kier alpha value is -3.00. The molecule has 3 fully saturated rings. The number of piperidine rings is 1. The summed E-state index contributed by atoms with van der Waals surface area (Å²) in [7, 11) is 0. The molecule has 0 radical (unpaired) electrons. The summed E-state index contributed by atoms with van der Waals surface area (Å²) < 4.78 is 32.5. The first-order valence-corrected chi connectivity index (χ1v) is 10.9. The molecule has 3 amide bonds. The fraction of sp³-hybridized carbons (Fsp3) is 0.417. The van der Waals surface area contributed by atoms with E-state index in [1.54, 1.807) is 34.1 Å². The zero-order valence-electron chi connectivity index (χ0n) is 17.5. The Bertz CT molecular complexity index is 947. The highest BCUT2D eigenvalue weighted by Crippen LogP contribution is 2.38. The second-order valence-corrected chi connectivity index (χ2v) is 8.79. The number of urea groups is 1. The zero-order chi connectivity index (χ0) is 22.2. The quantitative estimate of drug-likeness (QED) is 0.797. The van der Waals surface area contributed by atoms with Crippen LogP contribution in [0.15, 0.2) is 48.5 Å². The summed E-state index contributed by atoms with van der Waals surface area (Å²) in [6, 6.07) is 12.5. The van der Waals surface area contributed by atoms with E-state index in [-0.39, 0.29) is 54.2 Å². The molecule has 2 aromatic rings. The molecule has 32 heavy (non-hydrogen) atoms. The van der Waals surface area contributed by atoms with Crippen molar-refractivity contribution >= 4 is 11.9 Å². The van der Waals surface area contributed by atoms with E-state index in [0.717, 1.165) is 11.1 Å². The highest BCUT2D eigenvalue weighted by atomic mass is 19.1. The van der Waals surface area contributed by atoms with Crippen LogP contribution in [0.4, 0.5) is 13.6 Å². The molecule has 0 aromatic heterocycles. The maximum Gasteiger partial charge on any atom is 0.320 e. The van der Waals surface area contributed by atoms with Crippen LogP contribution in [0.25, 0.3) is 0 Å². The van der Waals surface area contributed by atoms with E-state index < -0.39 is 0 Å². The van der Waals surface area contributed by atoms with Gasteiger partial charge in [-0.25, -0.2) is 13.6 Å². The summed E-state index contributed by atoms with van der Waals surface area (Å²) in [5.41, 5.74) is 1.89. The van der Waals surface area contributed by atoms with Crippen molar-refractivity contribution in [2.45, 2.75) is 24.5 Å². The number of amides is 3. The molecule has 3 saturated heterocycles. The zero-order valence-corrected chi connectivity index (χ0v) is 17.5. The van der Waals surface area contributed by atoms with E-state index in [1.807, 2.05) is 0 Å². The number of nitrogens with one attached hydrogen (secondary N) is 1. The van der Waals surface area contributed by atoms with Crippen LogP contribution in [0.2, 0.25) is 0 Å². The van der Waals surface area contributed by atoms with Crippen LogP contribution in [-0.2, 0) is 9.53 Å². The molecular weight excluding hydrogens is 416 g/mol. The number of hydrogen-bond donors (Lipinski definition) is 1. The minimum Gasteiger partial charge on any atom is -0.366 e. The summed E-state index contributed by atoms with van der Waals surface area (Å²) in [5, 5.41) is 2.92. The van der Waals surface area contributed by atoms with Gasteiger partial charge in [0.1, 0.15) is 18.2 Å². The lowest BCUT2D eigenvalue weighted by molar-refractivity contribution is -0.139. The highest BCUT2D eigenvalue weighted by molar-refractivity contribution is 5.79. The number of fused-ring (bicyclic) bond motifs is 1. The topological polar surface area (TPSA) is 61.9 Å². The van der Waals surface area contributed by atoms with E-state index in [2.05, 4.69) is 5.32 Å². The lowest BCUT2D eigenvalue weighted by Gasteiger charge is -2.48. The molecule has 0 bridgehead atoms. The number of hydrogen-bond acceptors (Lipinski definition) is 3.